The minimum absolute atomic E-state index is 0.0638. The molecule has 2 aromatic heterocycles. The summed E-state index contributed by atoms with van der Waals surface area (Å²) in [5, 5.41) is 9.12. The molecule has 4 rings (SSSR count). The van der Waals surface area contributed by atoms with Gasteiger partial charge in [0.05, 0.1) is 15.4 Å². The Balaban J connectivity index is 1.84. The highest BCUT2D eigenvalue weighted by Gasteiger charge is 2.16. The summed E-state index contributed by atoms with van der Waals surface area (Å²) < 4.78 is 11.2. The van der Waals surface area contributed by atoms with Crippen LogP contribution in [0.5, 0.6) is 5.75 Å². The van der Waals surface area contributed by atoms with Crippen LogP contribution in [0.4, 0.5) is 0 Å². The van der Waals surface area contributed by atoms with Crippen LogP contribution in [0.15, 0.2) is 56.2 Å². The molecule has 0 bridgehead atoms. The summed E-state index contributed by atoms with van der Waals surface area (Å²) in [5.41, 5.74) is 0.710. The van der Waals surface area contributed by atoms with Crippen LogP contribution in [0.3, 0.4) is 0 Å². The molecule has 0 aliphatic heterocycles. The number of fused-ring (bicyclic) bond motifs is 3. The lowest BCUT2D eigenvalue weighted by atomic mass is 10.2. The van der Waals surface area contributed by atoms with Gasteiger partial charge in [0.1, 0.15) is 12.4 Å². The van der Waals surface area contributed by atoms with Crippen LogP contribution in [-0.2, 0) is 13.2 Å². The van der Waals surface area contributed by atoms with Gasteiger partial charge in [-0.1, -0.05) is 28.1 Å². The van der Waals surface area contributed by atoms with E-state index in [1.807, 2.05) is 53.8 Å². The van der Waals surface area contributed by atoms with Crippen molar-refractivity contribution >= 4 is 48.5 Å². The van der Waals surface area contributed by atoms with Crippen molar-refractivity contribution in [2.24, 2.45) is 0 Å². The molecule has 0 N–H and O–H groups in total. The summed E-state index contributed by atoms with van der Waals surface area (Å²) in [5.74, 6) is 1.86. The van der Waals surface area contributed by atoms with Gasteiger partial charge in [-0.15, -0.1) is 10.2 Å². The summed E-state index contributed by atoms with van der Waals surface area (Å²) in [6, 6.07) is 13.2. The summed E-state index contributed by atoms with van der Waals surface area (Å²) in [6.07, 6.45) is 0. The van der Waals surface area contributed by atoms with Gasteiger partial charge < -0.3 is 4.74 Å². The fourth-order valence-corrected chi connectivity index (χ4v) is 4.09. The smallest absolute Gasteiger partial charge is 0.262 e. The predicted molar refractivity (Wildman–Crippen MR) is 107 cm³/mol. The lowest BCUT2D eigenvalue weighted by Gasteiger charge is -2.11. The van der Waals surface area contributed by atoms with E-state index in [9.17, 15) is 4.79 Å². The standard InChI is InChI=1S/C18H14Br2N4O2/c1-2-23-17(25)12-5-3-4-6-14(12)24-16(21-22-18(23)24)10-26-15-8-7-11(19)9-13(15)20/h3-9H,2,10H2,1H3. The van der Waals surface area contributed by atoms with E-state index in [-0.39, 0.29) is 12.2 Å². The Labute approximate surface area is 165 Å². The van der Waals surface area contributed by atoms with E-state index in [1.54, 1.807) is 4.57 Å². The normalized spacial score (nSPS) is 11.3. The molecule has 0 amide bonds. The number of hydrogen-bond acceptors (Lipinski definition) is 4. The van der Waals surface area contributed by atoms with Crippen LogP contribution < -0.4 is 10.3 Å². The molecule has 0 aliphatic rings. The molecule has 0 fully saturated rings. The van der Waals surface area contributed by atoms with Crippen LogP contribution in [0, 0.1) is 0 Å². The summed E-state index contributed by atoms with van der Waals surface area (Å²) in [7, 11) is 0. The van der Waals surface area contributed by atoms with Gasteiger partial charge >= 0.3 is 0 Å². The van der Waals surface area contributed by atoms with E-state index in [0.717, 1.165) is 14.5 Å². The Morgan fingerprint density at radius 2 is 1.92 bits per heavy atom. The van der Waals surface area contributed by atoms with E-state index in [1.165, 1.54) is 0 Å². The Bertz CT molecular complexity index is 1180. The van der Waals surface area contributed by atoms with Crippen molar-refractivity contribution in [1.29, 1.82) is 0 Å². The molecule has 0 unspecified atom stereocenters. The van der Waals surface area contributed by atoms with Crippen LogP contribution in [-0.4, -0.2) is 19.2 Å². The van der Waals surface area contributed by atoms with Gasteiger partial charge in [-0.05, 0) is 53.2 Å². The quantitative estimate of drug-likeness (QED) is 0.442. The zero-order chi connectivity index (χ0) is 18.3. The zero-order valence-electron chi connectivity index (χ0n) is 13.8. The molecule has 6 nitrogen and oxygen atoms in total. The van der Waals surface area contributed by atoms with Crippen molar-refractivity contribution in [2.75, 3.05) is 0 Å². The van der Waals surface area contributed by atoms with Crippen molar-refractivity contribution in [3.05, 3.63) is 67.6 Å². The maximum absolute atomic E-state index is 12.7. The molecular formula is C18H14Br2N4O2. The monoisotopic (exact) mass is 476 g/mol. The Hall–Kier alpha value is -2.19. The number of rotatable bonds is 4. The number of ether oxygens (including phenoxy) is 1. The van der Waals surface area contributed by atoms with Gasteiger partial charge in [0.15, 0.2) is 5.82 Å². The molecule has 2 aromatic carbocycles. The largest absolute Gasteiger partial charge is 0.484 e. The second-order valence-electron chi connectivity index (χ2n) is 5.68. The molecule has 0 atom stereocenters. The third kappa shape index (κ3) is 2.83. The lowest BCUT2D eigenvalue weighted by molar-refractivity contribution is 0.293. The third-order valence-electron chi connectivity index (χ3n) is 4.14. The second-order valence-corrected chi connectivity index (χ2v) is 7.45. The fourth-order valence-electron chi connectivity index (χ4n) is 2.93. The molecule has 0 radical (unpaired) electrons. The minimum atomic E-state index is -0.0638. The van der Waals surface area contributed by atoms with Crippen LogP contribution >= 0.6 is 31.9 Å². The summed E-state index contributed by atoms with van der Waals surface area (Å²) in [6.45, 7) is 2.66. The van der Waals surface area contributed by atoms with E-state index >= 15 is 0 Å². The first-order valence-corrected chi connectivity index (χ1v) is 9.62. The number of aryl methyl sites for hydroxylation is 1. The number of halogens is 2. The zero-order valence-corrected chi connectivity index (χ0v) is 17.0. The Morgan fingerprint density at radius 1 is 1.12 bits per heavy atom. The molecule has 0 saturated carbocycles. The number of para-hydroxylation sites is 1. The highest BCUT2D eigenvalue weighted by Crippen LogP contribution is 2.29. The molecule has 26 heavy (non-hydrogen) atoms. The van der Waals surface area contributed by atoms with Gasteiger partial charge in [-0.25, -0.2) is 0 Å². The Morgan fingerprint density at radius 3 is 2.69 bits per heavy atom. The van der Waals surface area contributed by atoms with Crippen molar-refractivity contribution in [3.8, 4) is 5.75 Å². The third-order valence-corrected chi connectivity index (χ3v) is 5.25. The van der Waals surface area contributed by atoms with Crippen molar-refractivity contribution in [3.63, 3.8) is 0 Å². The lowest BCUT2D eigenvalue weighted by Crippen LogP contribution is -2.22. The Kier molecular flexibility index (Phi) is 4.54. The van der Waals surface area contributed by atoms with Gasteiger partial charge in [0.25, 0.3) is 5.56 Å². The summed E-state index contributed by atoms with van der Waals surface area (Å²) >= 11 is 6.91. The molecule has 132 valence electrons. The van der Waals surface area contributed by atoms with Crippen molar-refractivity contribution in [2.45, 2.75) is 20.1 Å². The highest BCUT2D eigenvalue weighted by atomic mass is 79.9. The van der Waals surface area contributed by atoms with E-state index in [4.69, 9.17) is 4.74 Å². The first-order valence-electron chi connectivity index (χ1n) is 8.03. The van der Waals surface area contributed by atoms with E-state index in [2.05, 4.69) is 42.1 Å². The first kappa shape index (κ1) is 17.2. The highest BCUT2D eigenvalue weighted by molar-refractivity contribution is 9.11. The molecule has 4 aromatic rings. The molecule has 8 heteroatoms. The second kappa shape index (κ2) is 6.85. The molecule has 0 aliphatic carbocycles. The number of aromatic nitrogens is 4. The molecule has 0 spiro atoms. The molecular weight excluding hydrogens is 464 g/mol. The molecule has 0 saturated heterocycles. The van der Waals surface area contributed by atoms with Crippen LogP contribution in [0.25, 0.3) is 16.7 Å². The van der Waals surface area contributed by atoms with Crippen molar-refractivity contribution in [1.82, 2.24) is 19.2 Å². The number of benzene rings is 2. The van der Waals surface area contributed by atoms with Gasteiger partial charge in [0, 0.05) is 11.0 Å². The van der Waals surface area contributed by atoms with Crippen molar-refractivity contribution < 1.29 is 4.74 Å². The fraction of sp³-hybridized carbons (Fsp3) is 0.167. The average molecular weight is 478 g/mol. The van der Waals surface area contributed by atoms with E-state index in [0.29, 0.717) is 29.3 Å². The topological polar surface area (TPSA) is 61.4 Å². The SMILES string of the molecule is CCn1c(=O)c2ccccc2n2c(COc3ccc(Br)cc3Br)nnc12. The number of hydrogen-bond donors (Lipinski definition) is 0. The van der Waals surface area contributed by atoms with Gasteiger partial charge in [0.2, 0.25) is 5.78 Å². The molecule has 2 heterocycles. The van der Waals surface area contributed by atoms with Gasteiger partial charge in [-0.2, -0.15) is 0 Å². The predicted octanol–water partition coefficient (Wildman–Crippen LogP) is 4.17. The maximum atomic E-state index is 12.7. The maximum Gasteiger partial charge on any atom is 0.262 e. The van der Waals surface area contributed by atoms with E-state index < -0.39 is 0 Å². The minimum Gasteiger partial charge on any atom is -0.484 e. The van der Waals surface area contributed by atoms with Crippen LogP contribution in [0.1, 0.15) is 12.7 Å². The van der Waals surface area contributed by atoms with Gasteiger partial charge in [-0.3, -0.25) is 13.8 Å². The summed E-state index contributed by atoms with van der Waals surface area (Å²) in [4.78, 5) is 12.7. The first-order chi connectivity index (χ1) is 12.6. The number of nitrogens with zero attached hydrogens (tertiary/aromatic N) is 4. The average Bonchev–Trinajstić information content (AvgIpc) is 3.05. The van der Waals surface area contributed by atoms with Crippen LogP contribution in [0.2, 0.25) is 0 Å².